The molecule has 0 aromatic heterocycles. The number of benzene rings is 2. The van der Waals surface area contributed by atoms with Crippen LogP contribution in [0.2, 0.25) is 0 Å². The molecule has 0 aliphatic rings. The van der Waals surface area contributed by atoms with Gasteiger partial charge >= 0.3 is 0 Å². The van der Waals surface area contributed by atoms with Crippen LogP contribution in [-0.2, 0) is 0 Å². The average Bonchev–Trinajstić information content (AvgIpc) is 2.66. The van der Waals surface area contributed by atoms with Gasteiger partial charge in [-0.15, -0.1) is 0 Å². The van der Waals surface area contributed by atoms with Crippen LogP contribution in [0, 0.1) is 0 Å². The van der Waals surface area contributed by atoms with Crippen LogP contribution in [0.5, 0.6) is 0 Å². The van der Waals surface area contributed by atoms with Gasteiger partial charge in [0.25, 0.3) is 0 Å². The summed E-state index contributed by atoms with van der Waals surface area (Å²) < 4.78 is 0. The molecule has 2 aromatic rings. The van der Waals surface area contributed by atoms with Gasteiger partial charge in [0.2, 0.25) is 0 Å². The molecule has 0 saturated carbocycles. The van der Waals surface area contributed by atoms with Crippen molar-refractivity contribution in [3.05, 3.63) is 71.8 Å². The third-order valence-corrected chi connectivity index (χ3v) is 4.53. The fourth-order valence-electron chi connectivity index (χ4n) is 3.01. The van der Waals surface area contributed by atoms with E-state index in [2.05, 4.69) is 36.2 Å². The lowest BCUT2D eigenvalue weighted by Crippen LogP contribution is -2.31. The number of aliphatic hydroxyl groups excluding tert-OH is 1. The van der Waals surface area contributed by atoms with Crippen molar-refractivity contribution in [1.29, 1.82) is 0 Å². The lowest BCUT2D eigenvalue weighted by molar-refractivity contribution is 0.127. The Balaban J connectivity index is 2.01. The highest BCUT2D eigenvalue weighted by molar-refractivity contribution is 5.26. The van der Waals surface area contributed by atoms with Crippen LogP contribution in [0.4, 0.5) is 0 Å². The normalized spacial score (nSPS) is 13.8. The van der Waals surface area contributed by atoms with Crippen molar-refractivity contribution < 1.29 is 5.11 Å². The van der Waals surface area contributed by atoms with Gasteiger partial charge in [-0.3, -0.25) is 0 Å². The zero-order valence-corrected chi connectivity index (χ0v) is 14.9. The third-order valence-electron chi connectivity index (χ3n) is 4.53. The molecule has 0 saturated heterocycles. The van der Waals surface area contributed by atoms with E-state index in [0.717, 1.165) is 43.7 Å². The molecule has 2 N–H and O–H groups in total. The molecule has 0 fully saturated rings. The number of rotatable bonds is 10. The molecule has 0 radical (unpaired) electrons. The Morgan fingerprint density at radius 1 is 0.875 bits per heavy atom. The summed E-state index contributed by atoms with van der Waals surface area (Å²) in [5.74, 6) is 0. The molecule has 130 valence electrons. The van der Waals surface area contributed by atoms with E-state index in [1.165, 1.54) is 0 Å². The van der Waals surface area contributed by atoms with Crippen LogP contribution in [0.15, 0.2) is 60.7 Å². The quantitative estimate of drug-likeness (QED) is 0.652. The Kier molecular flexibility index (Phi) is 7.96. The zero-order chi connectivity index (χ0) is 17.2. The lowest BCUT2D eigenvalue weighted by Gasteiger charge is -2.26. The molecule has 0 aliphatic heterocycles. The summed E-state index contributed by atoms with van der Waals surface area (Å²) in [6, 6.07) is 20.0. The maximum atomic E-state index is 10.9. The molecule has 0 heterocycles. The minimum atomic E-state index is -0.554. The Hall–Kier alpha value is -1.68. The number of nitrogens with zero attached hydrogens (tertiary/aromatic N) is 1. The maximum absolute atomic E-state index is 10.9. The first-order valence-corrected chi connectivity index (χ1v) is 9.00. The smallest absolute Gasteiger partial charge is 0.0984 e. The first-order chi connectivity index (χ1) is 11.8. The van der Waals surface area contributed by atoms with Crippen molar-refractivity contribution >= 4 is 0 Å². The molecule has 0 amide bonds. The molecule has 2 unspecified atom stereocenters. The van der Waals surface area contributed by atoms with Crippen molar-refractivity contribution in [3.63, 3.8) is 0 Å². The highest BCUT2D eigenvalue weighted by Gasteiger charge is 2.21. The predicted octanol–water partition coefficient (Wildman–Crippen LogP) is 3.78. The molecule has 3 nitrogen and oxygen atoms in total. The van der Waals surface area contributed by atoms with Crippen LogP contribution in [0.3, 0.4) is 0 Å². The largest absolute Gasteiger partial charge is 0.386 e. The minimum absolute atomic E-state index is 0.0923. The average molecular weight is 326 g/mol. The van der Waals surface area contributed by atoms with Crippen molar-refractivity contribution in [2.24, 2.45) is 0 Å². The Morgan fingerprint density at radius 3 is 1.96 bits per heavy atom. The van der Waals surface area contributed by atoms with E-state index in [1.807, 2.05) is 48.5 Å². The SMILES string of the molecule is CCN(CC)CCCNC(c1ccccc1)C(O)c1ccccc1. The maximum Gasteiger partial charge on any atom is 0.0984 e. The fraction of sp³-hybridized carbons (Fsp3) is 0.429. The van der Waals surface area contributed by atoms with Gasteiger partial charge in [-0.05, 0) is 43.7 Å². The van der Waals surface area contributed by atoms with E-state index < -0.39 is 6.10 Å². The molecule has 0 bridgehead atoms. The minimum Gasteiger partial charge on any atom is -0.386 e. The first kappa shape index (κ1) is 18.7. The summed E-state index contributed by atoms with van der Waals surface area (Å²) in [4.78, 5) is 2.42. The molecule has 0 spiro atoms. The lowest BCUT2D eigenvalue weighted by atomic mass is 9.95. The van der Waals surface area contributed by atoms with Gasteiger partial charge in [-0.2, -0.15) is 0 Å². The van der Waals surface area contributed by atoms with Crippen LogP contribution in [-0.4, -0.2) is 36.2 Å². The number of nitrogens with one attached hydrogen (secondary N) is 1. The Labute approximate surface area is 146 Å². The molecule has 2 rings (SSSR count). The van der Waals surface area contributed by atoms with Crippen LogP contribution in [0.1, 0.15) is 43.5 Å². The second kappa shape index (κ2) is 10.2. The van der Waals surface area contributed by atoms with E-state index in [1.54, 1.807) is 0 Å². The van der Waals surface area contributed by atoms with Gasteiger partial charge in [0.05, 0.1) is 12.1 Å². The van der Waals surface area contributed by atoms with Gasteiger partial charge in [-0.25, -0.2) is 0 Å². The standard InChI is InChI=1S/C21H30N2O/c1-3-23(4-2)17-11-16-22-20(18-12-7-5-8-13-18)21(24)19-14-9-6-10-15-19/h5-10,12-15,20-22,24H,3-4,11,16-17H2,1-2H3. The second-order valence-corrected chi connectivity index (χ2v) is 6.08. The van der Waals surface area contributed by atoms with Crippen LogP contribution >= 0.6 is 0 Å². The Morgan fingerprint density at radius 2 is 1.42 bits per heavy atom. The molecule has 3 heteroatoms. The molecular weight excluding hydrogens is 296 g/mol. The van der Waals surface area contributed by atoms with Crippen molar-refractivity contribution in [1.82, 2.24) is 10.2 Å². The number of aliphatic hydroxyl groups is 1. The predicted molar refractivity (Wildman–Crippen MR) is 101 cm³/mol. The molecule has 2 atom stereocenters. The van der Waals surface area contributed by atoms with Crippen molar-refractivity contribution in [2.75, 3.05) is 26.2 Å². The van der Waals surface area contributed by atoms with Crippen molar-refractivity contribution in [2.45, 2.75) is 32.4 Å². The summed E-state index contributed by atoms with van der Waals surface area (Å²) in [7, 11) is 0. The summed E-state index contributed by atoms with van der Waals surface area (Å²) in [6.07, 6.45) is 0.522. The van der Waals surface area contributed by atoms with Gasteiger partial charge in [0.15, 0.2) is 0 Å². The molecule has 24 heavy (non-hydrogen) atoms. The van der Waals surface area contributed by atoms with Crippen molar-refractivity contribution in [3.8, 4) is 0 Å². The Bertz CT molecular complexity index is 555. The molecule has 2 aromatic carbocycles. The highest BCUT2D eigenvalue weighted by atomic mass is 16.3. The third kappa shape index (κ3) is 5.45. The van der Waals surface area contributed by atoms with Gasteiger partial charge in [0, 0.05) is 0 Å². The monoisotopic (exact) mass is 326 g/mol. The zero-order valence-electron chi connectivity index (χ0n) is 14.9. The van der Waals surface area contributed by atoms with E-state index in [0.29, 0.717) is 0 Å². The van der Waals surface area contributed by atoms with Crippen LogP contribution in [0.25, 0.3) is 0 Å². The molecular formula is C21H30N2O. The summed E-state index contributed by atoms with van der Waals surface area (Å²) >= 11 is 0. The summed E-state index contributed by atoms with van der Waals surface area (Å²) in [6.45, 7) is 8.55. The first-order valence-electron chi connectivity index (χ1n) is 9.00. The topological polar surface area (TPSA) is 35.5 Å². The van der Waals surface area contributed by atoms with Gasteiger partial charge in [0.1, 0.15) is 0 Å². The summed E-state index contributed by atoms with van der Waals surface area (Å²) in [5, 5.41) is 14.4. The van der Waals surface area contributed by atoms with E-state index in [-0.39, 0.29) is 6.04 Å². The van der Waals surface area contributed by atoms with E-state index >= 15 is 0 Å². The van der Waals surface area contributed by atoms with E-state index in [9.17, 15) is 5.11 Å². The van der Waals surface area contributed by atoms with Gasteiger partial charge < -0.3 is 15.3 Å². The number of hydrogen-bond donors (Lipinski definition) is 2. The van der Waals surface area contributed by atoms with E-state index in [4.69, 9.17) is 0 Å². The summed E-state index contributed by atoms with van der Waals surface area (Å²) in [5.41, 5.74) is 2.07. The van der Waals surface area contributed by atoms with Gasteiger partial charge in [-0.1, -0.05) is 74.5 Å². The highest BCUT2D eigenvalue weighted by Crippen LogP contribution is 2.28. The second-order valence-electron chi connectivity index (χ2n) is 6.08. The molecule has 0 aliphatic carbocycles. The fourth-order valence-corrected chi connectivity index (χ4v) is 3.01. The van der Waals surface area contributed by atoms with Crippen LogP contribution < -0.4 is 5.32 Å². The number of hydrogen-bond acceptors (Lipinski definition) is 3.